The predicted molar refractivity (Wildman–Crippen MR) is 122 cm³/mol. The summed E-state index contributed by atoms with van der Waals surface area (Å²) in [7, 11) is -1.93. The summed E-state index contributed by atoms with van der Waals surface area (Å²) in [4.78, 5) is 12.5. The minimum atomic E-state index is -3.57. The predicted octanol–water partition coefficient (Wildman–Crippen LogP) is 2.63. The van der Waals surface area contributed by atoms with E-state index in [2.05, 4.69) is 20.8 Å². The Kier molecular flexibility index (Phi) is 6.99. The third-order valence-corrected chi connectivity index (χ3v) is 7.63. The Bertz CT molecular complexity index is 1180. The number of ether oxygens (including phenoxy) is 1. The van der Waals surface area contributed by atoms with Gasteiger partial charge in [0.1, 0.15) is 12.1 Å². The van der Waals surface area contributed by atoms with E-state index < -0.39 is 10.0 Å². The van der Waals surface area contributed by atoms with Gasteiger partial charge in [-0.15, -0.1) is 5.10 Å². The second-order valence-corrected chi connectivity index (χ2v) is 9.92. The lowest BCUT2D eigenvalue weighted by Crippen LogP contribution is -2.38. The molecular formula is C22H26N6O4S. The van der Waals surface area contributed by atoms with E-state index in [0.29, 0.717) is 17.1 Å². The lowest BCUT2D eigenvalue weighted by Gasteiger charge is -2.30. The zero-order valence-electron chi connectivity index (χ0n) is 18.3. The van der Waals surface area contributed by atoms with Crippen LogP contribution in [0, 0.1) is 0 Å². The number of carbonyl (C=O) groups is 1. The van der Waals surface area contributed by atoms with Crippen LogP contribution in [0.5, 0.6) is 5.75 Å². The van der Waals surface area contributed by atoms with Crippen molar-refractivity contribution in [2.45, 2.75) is 43.0 Å². The van der Waals surface area contributed by atoms with Crippen molar-refractivity contribution in [1.29, 1.82) is 0 Å². The highest BCUT2D eigenvalue weighted by atomic mass is 32.2. The fourth-order valence-corrected chi connectivity index (χ4v) is 5.27. The molecule has 3 aromatic rings. The molecule has 174 valence electrons. The normalized spacial score (nSPS) is 14.8. The smallest absolute Gasteiger partial charge is 0.262 e. The zero-order valence-corrected chi connectivity index (χ0v) is 19.1. The Hall–Kier alpha value is -3.31. The van der Waals surface area contributed by atoms with Gasteiger partial charge in [-0.25, -0.2) is 13.1 Å². The van der Waals surface area contributed by atoms with Crippen molar-refractivity contribution in [3.8, 4) is 11.4 Å². The average Bonchev–Trinajstić information content (AvgIpc) is 3.39. The van der Waals surface area contributed by atoms with Crippen molar-refractivity contribution in [2.75, 3.05) is 19.0 Å². The highest BCUT2D eigenvalue weighted by molar-refractivity contribution is 7.89. The van der Waals surface area contributed by atoms with Gasteiger partial charge >= 0.3 is 0 Å². The highest BCUT2D eigenvalue weighted by Gasteiger charge is 2.28. The number of nitrogens with zero attached hydrogens (tertiary/aromatic N) is 5. The molecule has 2 aromatic carbocycles. The fraction of sp³-hybridized carbons (Fsp3) is 0.364. The summed E-state index contributed by atoms with van der Waals surface area (Å²) >= 11 is 0. The van der Waals surface area contributed by atoms with Crippen LogP contribution in [0.15, 0.2) is 59.8 Å². The number of nitrogens with one attached hydrogen (secondary N) is 1. The maximum atomic E-state index is 12.9. The first-order valence-corrected chi connectivity index (χ1v) is 12.2. The SMILES string of the molecule is CN(C1CCCCC1)S(=O)(=O)c1ccc(NC(=O)COc2cccc(-n3cnnn3)c2)cc1. The van der Waals surface area contributed by atoms with Crippen LogP contribution in [-0.2, 0) is 14.8 Å². The first-order valence-electron chi connectivity index (χ1n) is 10.8. The number of hydrogen-bond donors (Lipinski definition) is 1. The van der Waals surface area contributed by atoms with Gasteiger partial charge in [0.15, 0.2) is 6.61 Å². The van der Waals surface area contributed by atoms with Gasteiger partial charge in [-0.1, -0.05) is 25.3 Å². The third-order valence-electron chi connectivity index (χ3n) is 5.71. The molecule has 0 atom stereocenters. The molecule has 1 amide bonds. The van der Waals surface area contributed by atoms with Crippen LogP contribution in [0.3, 0.4) is 0 Å². The number of rotatable bonds is 8. The van der Waals surface area contributed by atoms with Gasteiger partial charge in [-0.2, -0.15) is 4.31 Å². The molecule has 0 aliphatic heterocycles. The molecule has 11 heteroatoms. The van der Waals surface area contributed by atoms with Gasteiger partial charge in [-0.3, -0.25) is 4.79 Å². The van der Waals surface area contributed by atoms with Crippen molar-refractivity contribution >= 4 is 21.6 Å². The maximum Gasteiger partial charge on any atom is 0.262 e. The van der Waals surface area contributed by atoms with Gasteiger partial charge in [0, 0.05) is 24.8 Å². The molecule has 1 aliphatic carbocycles. The number of benzene rings is 2. The number of aromatic nitrogens is 4. The topological polar surface area (TPSA) is 119 Å². The Morgan fingerprint density at radius 2 is 1.91 bits per heavy atom. The standard InChI is InChI=1S/C22H26N6O4S/c1-27(18-6-3-2-4-7-18)33(30,31)21-12-10-17(11-13-21)24-22(29)15-32-20-9-5-8-19(14-20)28-16-23-25-26-28/h5,8-14,16,18H,2-4,6-7,15H2,1H3,(H,24,29). The van der Waals surface area contributed by atoms with Crippen LogP contribution >= 0.6 is 0 Å². The molecule has 0 radical (unpaired) electrons. The summed E-state index contributed by atoms with van der Waals surface area (Å²) in [5.41, 5.74) is 1.19. The van der Waals surface area contributed by atoms with E-state index in [4.69, 9.17) is 4.74 Å². The second-order valence-electron chi connectivity index (χ2n) is 7.93. The van der Waals surface area contributed by atoms with Crippen LogP contribution in [0.4, 0.5) is 5.69 Å². The summed E-state index contributed by atoms with van der Waals surface area (Å²) in [6.45, 7) is -0.205. The third kappa shape index (κ3) is 5.55. The minimum Gasteiger partial charge on any atom is -0.484 e. The molecular weight excluding hydrogens is 444 g/mol. The zero-order chi connectivity index (χ0) is 23.3. The van der Waals surface area contributed by atoms with Crippen molar-refractivity contribution in [2.24, 2.45) is 0 Å². The first kappa shape index (κ1) is 22.9. The molecule has 1 saturated carbocycles. The van der Waals surface area contributed by atoms with Crippen molar-refractivity contribution < 1.29 is 17.9 Å². The largest absolute Gasteiger partial charge is 0.484 e. The average molecular weight is 471 g/mol. The lowest BCUT2D eigenvalue weighted by molar-refractivity contribution is -0.118. The molecule has 0 spiro atoms. The molecule has 33 heavy (non-hydrogen) atoms. The van der Waals surface area contributed by atoms with Gasteiger partial charge in [0.25, 0.3) is 5.91 Å². The van der Waals surface area contributed by atoms with E-state index in [1.165, 1.54) is 27.4 Å². The number of hydrogen-bond acceptors (Lipinski definition) is 7. The van der Waals surface area contributed by atoms with Crippen LogP contribution in [0.2, 0.25) is 0 Å². The van der Waals surface area contributed by atoms with E-state index >= 15 is 0 Å². The van der Waals surface area contributed by atoms with E-state index in [0.717, 1.165) is 32.1 Å². The quantitative estimate of drug-likeness (QED) is 0.537. The Balaban J connectivity index is 1.33. The summed E-state index contributed by atoms with van der Waals surface area (Å²) in [5.74, 6) is 0.128. The Morgan fingerprint density at radius 3 is 2.61 bits per heavy atom. The lowest BCUT2D eigenvalue weighted by atomic mass is 9.96. The molecule has 0 saturated heterocycles. The maximum absolute atomic E-state index is 12.9. The number of carbonyl (C=O) groups excluding carboxylic acids is 1. The van der Waals surface area contributed by atoms with Crippen LogP contribution in [0.1, 0.15) is 32.1 Å². The van der Waals surface area contributed by atoms with E-state index in [9.17, 15) is 13.2 Å². The molecule has 1 aliphatic rings. The monoisotopic (exact) mass is 470 g/mol. The van der Waals surface area contributed by atoms with E-state index in [-0.39, 0.29) is 23.5 Å². The summed E-state index contributed by atoms with van der Waals surface area (Å²) in [6, 6.07) is 13.3. The van der Waals surface area contributed by atoms with Crippen molar-refractivity contribution in [1.82, 2.24) is 24.5 Å². The van der Waals surface area contributed by atoms with E-state index in [1.54, 1.807) is 37.4 Å². The molecule has 1 fully saturated rings. The summed E-state index contributed by atoms with van der Waals surface area (Å²) in [6.07, 6.45) is 6.51. The van der Waals surface area contributed by atoms with Gasteiger partial charge in [-0.05, 0) is 59.7 Å². The highest BCUT2D eigenvalue weighted by Crippen LogP contribution is 2.27. The molecule has 4 rings (SSSR count). The Labute approximate surface area is 192 Å². The fourth-order valence-electron chi connectivity index (χ4n) is 3.86. The minimum absolute atomic E-state index is 0.0413. The second kappa shape index (κ2) is 10.1. The van der Waals surface area contributed by atoms with Crippen LogP contribution in [0.25, 0.3) is 5.69 Å². The first-order chi connectivity index (χ1) is 15.9. The summed E-state index contributed by atoms with van der Waals surface area (Å²) in [5, 5.41) is 13.7. The van der Waals surface area contributed by atoms with Gasteiger partial charge in [0.2, 0.25) is 10.0 Å². The molecule has 0 bridgehead atoms. The van der Waals surface area contributed by atoms with Crippen molar-refractivity contribution in [3.63, 3.8) is 0 Å². The Morgan fingerprint density at radius 1 is 1.15 bits per heavy atom. The van der Waals surface area contributed by atoms with Gasteiger partial charge in [0.05, 0.1) is 10.6 Å². The van der Waals surface area contributed by atoms with E-state index in [1.807, 2.05) is 6.07 Å². The molecule has 1 N–H and O–H groups in total. The van der Waals surface area contributed by atoms with Crippen LogP contribution < -0.4 is 10.1 Å². The van der Waals surface area contributed by atoms with Crippen molar-refractivity contribution in [3.05, 3.63) is 54.9 Å². The molecule has 0 unspecified atom stereocenters. The van der Waals surface area contributed by atoms with Crippen LogP contribution in [-0.4, -0.2) is 58.5 Å². The molecule has 1 aromatic heterocycles. The number of sulfonamides is 1. The molecule has 1 heterocycles. The number of tetrazole rings is 1. The number of amides is 1. The molecule has 10 nitrogen and oxygen atoms in total. The summed E-state index contributed by atoms with van der Waals surface area (Å²) < 4.78 is 34.4. The van der Waals surface area contributed by atoms with Gasteiger partial charge < -0.3 is 10.1 Å². The number of anilines is 1.